The fourth-order valence-corrected chi connectivity index (χ4v) is 3.58. The van der Waals surface area contributed by atoms with Gasteiger partial charge >= 0.3 is 5.69 Å². The number of nitrogens with zero attached hydrogens (tertiary/aromatic N) is 2. The summed E-state index contributed by atoms with van der Waals surface area (Å²) < 4.78 is 1.85. The lowest BCUT2D eigenvalue weighted by atomic mass is 10.0. The number of H-pyrrole nitrogens is 1. The predicted molar refractivity (Wildman–Crippen MR) is 91.6 cm³/mol. The van der Waals surface area contributed by atoms with Crippen molar-refractivity contribution < 1.29 is 0 Å². The fraction of sp³-hybridized carbons (Fsp3) is 0.471. The lowest BCUT2D eigenvalue weighted by Gasteiger charge is -2.32. The average molecular weight is 320 g/mol. The minimum atomic E-state index is -0.0540. The fourth-order valence-electron chi connectivity index (χ4n) is 3.35. The minimum absolute atomic E-state index is 0.0540. The molecule has 0 radical (unpaired) electrons. The normalized spacial score (nSPS) is 21.9. The number of nitrogens with one attached hydrogen (secondary N) is 1. The maximum Gasteiger partial charge on any atom is 0.326 e. The van der Waals surface area contributed by atoms with E-state index < -0.39 is 0 Å². The first-order chi connectivity index (χ1) is 10.4. The van der Waals surface area contributed by atoms with Crippen molar-refractivity contribution in [3.8, 4) is 0 Å². The van der Waals surface area contributed by atoms with Gasteiger partial charge < -0.3 is 4.98 Å². The Bertz CT molecular complexity index is 798. The third-order valence-electron chi connectivity index (χ3n) is 4.53. The van der Waals surface area contributed by atoms with Gasteiger partial charge in [-0.3, -0.25) is 9.47 Å². The summed E-state index contributed by atoms with van der Waals surface area (Å²) in [7, 11) is 0. The van der Waals surface area contributed by atoms with Crippen LogP contribution in [0.15, 0.2) is 28.6 Å². The molecule has 4 nitrogen and oxygen atoms in total. The number of allylic oxidation sites excluding steroid dienone is 1. The van der Waals surface area contributed by atoms with E-state index in [2.05, 4.69) is 43.7 Å². The molecule has 2 atom stereocenters. The zero-order chi connectivity index (χ0) is 16.0. The van der Waals surface area contributed by atoms with Gasteiger partial charge in [0.1, 0.15) is 0 Å². The number of hydrogen-bond acceptors (Lipinski definition) is 2. The van der Waals surface area contributed by atoms with Crippen LogP contribution in [0.2, 0.25) is 5.02 Å². The molecule has 2 aromatic rings. The Morgan fingerprint density at radius 3 is 2.82 bits per heavy atom. The van der Waals surface area contributed by atoms with Crippen molar-refractivity contribution in [2.75, 3.05) is 6.54 Å². The Hall–Kier alpha value is -1.52. The van der Waals surface area contributed by atoms with Crippen LogP contribution in [0.1, 0.15) is 39.3 Å². The summed E-state index contributed by atoms with van der Waals surface area (Å²) in [5.74, 6) is 0. The molecule has 0 spiro atoms. The van der Waals surface area contributed by atoms with Gasteiger partial charge in [0.05, 0.1) is 11.0 Å². The van der Waals surface area contributed by atoms with E-state index in [0.29, 0.717) is 11.6 Å². The zero-order valence-electron chi connectivity index (χ0n) is 13.5. The number of hydrogen-bond donors (Lipinski definition) is 1. The van der Waals surface area contributed by atoms with Crippen LogP contribution in [0.3, 0.4) is 0 Å². The lowest BCUT2D eigenvalue weighted by molar-refractivity contribution is 0.165. The van der Waals surface area contributed by atoms with Crippen LogP contribution in [0.4, 0.5) is 0 Å². The molecule has 1 aliphatic heterocycles. The summed E-state index contributed by atoms with van der Waals surface area (Å²) >= 11 is 6.26. The molecule has 1 aromatic heterocycles. The average Bonchev–Trinajstić information content (AvgIpc) is 2.67. The molecular weight excluding hydrogens is 298 g/mol. The smallest absolute Gasteiger partial charge is 0.305 e. The molecule has 0 unspecified atom stereocenters. The highest BCUT2D eigenvalue weighted by molar-refractivity contribution is 6.31. The molecule has 5 heteroatoms. The van der Waals surface area contributed by atoms with Gasteiger partial charge in [0.25, 0.3) is 0 Å². The van der Waals surface area contributed by atoms with Gasteiger partial charge in [0.2, 0.25) is 0 Å². The molecule has 0 saturated carbocycles. The summed E-state index contributed by atoms with van der Waals surface area (Å²) in [6.45, 7) is 10.1. The molecule has 2 heterocycles. The third-order valence-corrected chi connectivity index (χ3v) is 4.75. The Kier molecular flexibility index (Phi) is 3.91. The van der Waals surface area contributed by atoms with Gasteiger partial charge in [-0.25, -0.2) is 4.79 Å². The second-order valence-electron chi connectivity index (χ2n) is 6.44. The van der Waals surface area contributed by atoms with Crippen molar-refractivity contribution >= 4 is 22.6 Å². The summed E-state index contributed by atoms with van der Waals surface area (Å²) in [5, 5.41) is 0.666. The number of rotatable bonds is 2. The van der Waals surface area contributed by atoms with Crippen molar-refractivity contribution in [2.45, 2.75) is 46.3 Å². The molecule has 22 heavy (non-hydrogen) atoms. The summed E-state index contributed by atoms with van der Waals surface area (Å²) in [4.78, 5) is 17.6. The molecule has 118 valence electrons. The maximum absolute atomic E-state index is 12.3. The first-order valence-electron chi connectivity index (χ1n) is 7.69. The third kappa shape index (κ3) is 2.50. The Morgan fingerprint density at radius 1 is 1.41 bits per heavy atom. The van der Waals surface area contributed by atoms with Crippen molar-refractivity contribution in [1.82, 2.24) is 14.5 Å². The molecule has 3 rings (SSSR count). The van der Waals surface area contributed by atoms with Crippen molar-refractivity contribution in [3.63, 3.8) is 0 Å². The molecule has 1 aromatic carbocycles. The number of aromatic amines is 1. The van der Waals surface area contributed by atoms with Gasteiger partial charge in [0, 0.05) is 30.2 Å². The van der Waals surface area contributed by atoms with E-state index >= 15 is 0 Å². The molecule has 0 aliphatic carbocycles. The van der Waals surface area contributed by atoms with Crippen LogP contribution in [-0.2, 0) is 6.54 Å². The quantitative estimate of drug-likeness (QED) is 0.857. The molecule has 0 amide bonds. The van der Waals surface area contributed by atoms with E-state index in [4.69, 9.17) is 11.6 Å². The molecule has 0 saturated heterocycles. The summed E-state index contributed by atoms with van der Waals surface area (Å²) in [5.41, 5.74) is 4.19. The summed E-state index contributed by atoms with van der Waals surface area (Å²) in [6.07, 6.45) is 2.24. The molecule has 1 aliphatic rings. The van der Waals surface area contributed by atoms with E-state index in [0.717, 1.165) is 23.1 Å². The number of benzene rings is 1. The highest BCUT2D eigenvalue weighted by Crippen LogP contribution is 2.34. The lowest BCUT2D eigenvalue weighted by Crippen LogP contribution is -2.38. The largest absolute Gasteiger partial charge is 0.326 e. The van der Waals surface area contributed by atoms with Crippen LogP contribution in [0.5, 0.6) is 0 Å². The SMILES string of the molecule is CC(C)=CCN1[C@@H](C)Cn2c(=O)[nH]c3cc(Cl)cc(c32)[C@@H]1C. The maximum atomic E-state index is 12.3. The van der Waals surface area contributed by atoms with E-state index in [-0.39, 0.29) is 17.8 Å². The number of imidazole rings is 1. The van der Waals surface area contributed by atoms with Crippen LogP contribution in [0, 0.1) is 0 Å². The van der Waals surface area contributed by atoms with E-state index in [1.54, 1.807) is 0 Å². The van der Waals surface area contributed by atoms with Crippen LogP contribution in [-0.4, -0.2) is 27.0 Å². The first-order valence-corrected chi connectivity index (χ1v) is 8.07. The van der Waals surface area contributed by atoms with Crippen molar-refractivity contribution in [3.05, 3.63) is 44.9 Å². The molecule has 1 N–H and O–H groups in total. The molecule has 0 bridgehead atoms. The number of aromatic nitrogens is 2. The topological polar surface area (TPSA) is 41.0 Å². The van der Waals surface area contributed by atoms with Gasteiger partial charge in [-0.15, -0.1) is 0 Å². The van der Waals surface area contributed by atoms with Crippen molar-refractivity contribution in [2.24, 2.45) is 0 Å². The van der Waals surface area contributed by atoms with Crippen LogP contribution in [0.25, 0.3) is 11.0 Å². The summed E-state index contributed by atoms with van der Waals surface area (Å²) in [6, 6.07) is 4.30. The second-order valence-corrected chi connectivity index (χ2v) is 6.87. The van der Waals surface area contributed by atoms with Crippen LogP contribution < -0.4 is 5.69 Å². The Morgan fingerprint density at radius 2 is 2.14 bits per heavy atom. The number of halogens is 1. The molecular formula is C17H22ClN3O. The minimum Gasteiger partial charge on any atom is -0.305 e. The first kappa shape index (κ1) is 15.4. The highest BCUT2D eigenvalue weighted by atomic mass is 35.5. The van der Waals surface area contributed by atoms with E-state index in [1.807, 2.05) is 16.7 Å². The molecule has 0 fully saturated rings. The van der Waals surface area contributed by atoms with Crippen LogP contribution >= 0.6 is 11.6 Å². The second kappa shape index (κ2) is 5.60. The van der Waals surface area contributed by atoms with E-state index in [1.165, 1.54) is 5.57 Å². The highest BCUT2D eigenvalue weighted by Gasteiger charge is 2.29. The van der Waals surface area contributed by atoms with Crippen molar-refractivity contribution in [1.29, 1.82) is 0 Å². The Labute approximate surface area is 135 Å². The van der Waals surface area contributed by atoms with Gasteiger partial charge in [-0.05, 0) is 45.4 Å². The van der Waals surface area contributed by atoms with E-state index in [9.17, 15) is 4.79 Å². The van der Waals surface area contributed by atoms with Gasteiger partial charge in [-0.2, -0.15) is 0 Å². The Balaban J connectivity index is 2.18. The van der Waals surface area contributed by atoms with Gasteiger partial charge in [-0.1, -0.05) is 23.3 Å². The zero-order valence-corrected chi connectivity index (χ0v) is 14.2. The van der Waals surface area contributed by atoms with Gasteiger partial charge in [0.15, 0.2) is 0 Å². The standard InChI is InChI=1S/C17H22ClN3O/c1-10(2)5-6-20-11(3)9-21-16-14(12(20)4)7-13(18)8-15(16)19-17(21)22/h5,7-8,11-12H,6,9H2,1-4H3,(H,19,22)/t11-,12-/m0/s1. The monoisotopic (exact) mass is 319 g/mol. The predicted octanol–water partition coefficient (Wildman–Crippen LogP) is 3.71.